The summed E-state index contributed by atoms with van der Waals surface area (Å²) in [6, 6.07) is 5.32. The number of carbonyl (C=O) groups is 1. The van der Waals surface area contributed by atoms with Crippen LogP contribution in [-0.2, 0) is 0 Å². The Bertz CT molecular complexity index is 1040. The first-order valence-corrected chi connectivity index (χ1v) is 12.3. The van der Waals surface area contributed by atoms with E-state index in [0.29, 0.717) is 11.3 Å². The number of amides is 2. The molecule has 4 rings (SSSR count). The van der Waals surface area contributed by atoms with E-state index in [1.165, 1.54) is 0 Å². The number of nitrogens with one attached hydrogen (secondary N) is 3. The van der Waals surface area contributed by atoms with Crippen molar-refractivity contribution in [2.24, 2.45) is 10.7 Å². The highest BCUT2D eigenvalue weighted by Gasteiger charge is 2.30. The Kier molecular flexibility index (Phi) is 8.08. The van der Waals surface area contributed by atoms with Crippen LogP contribution in [-0.4, -0.2) is 71.9 Å². The Morgan fingerprint density at radius 3 is 2.82 bits per heavy atom. The highest BCUT2D eigenvalue weighted by molar-refractivity contribution is 6.10. The van der Waals surface area contributed by atoms with Gasteiger partial charge in [0, 0.05) is 68.0 Å². The zero-order valence-corrected chi connectivity index (χ0v) is 20.0. The van der Waals surface area contributed by atoms with Crippen LogP contribution in [0.2, 0.25) is 0 Å². The molecule has 0 radical (unpaired) electrons. The van der Waals surface area contributed by atoms with Crippen LogP contribution in [0, 0.1) is 0 Å². The minimum Gasteiger partial charge on any atom is -0.404 e. The van der Waals surface area contributed by atoms with Crippen molar-refractivity contribution in [2.75, 3.05) is 44.6 Å². The number of hydrogen-bond donors (Lipinski definition) is 4. The van der Waals surface area contributed by atoms with E-state index in [0.717, 1.165) is 88.0 Å². The Balaban J connectivity index is 1.36. The molecule has 2 amide bonds. The van der Waals surface area contributed by atoms with Crippen molar-refractivity contribution in [1.82, 2.24) is 25.5 Å². The molecule has 2 aromatic heterocycles. The van der Waals surface area contributed by atoms with E-state index in [1.807, 2.05) is 12.1 Å². The Hall–Kier alpha value is -3.04. The monoisotopic (exact) mass is 464 g/mol. The molecule has 34 heavy (non-hydrogen) atoms. The minimum atomic E-state index is -0.226. The maximum absolute atomic E-state index is 12.5. The second kappa shape index (κ2) is 11.4. The van der Waals surface area contributed by atoms with Crippen LogP contribution in [0.5, 0.6) is 0 Å². The smallest absolute Gasteiger partial charge is 0.320 e. The summed E-state index contributed by atoms with van der Waals surface area (Å²) in [5, 5.41) is 9.32. The van der Waals surface area contributed by atoms with Gasteiger partial charge in [-0.2, -0.15) is 0 Å². The number of rotatable bonds is 8. The van der Waals surface area contributed by atoms with Gasteiger partial charge in [-0.1, -0.05) is 12.8 Å². The van der Waals surface area contributed by atoms with Gasteiger partial charge in [0.25, 0.3) is 0 Å². The van der Waals surface area contributed by atoms with Gasteiger partial charge < -0.3 is 21.3 Å². The van der Waals surface area contributed by atoms with E-state index in [9.17, 15) is 4.79 Å². The van der Waals surface area contributed by atoms with Crippen molar-refractivity contribution < 1.29 is 4.79 Å². The standard InChI is InChI=1S/C25H36N8O/c1-25(7-2-3-8-25)32-24(34)31-23-6-5-21-22(30-23)15-19(18-29-21)20(16-26)17-28-9-4-12-33-13-10-27-11-14-33/h5-6,15-18,27H,2-4,7-14,26H2,1H3,(H2,30,31,32,34). The van der Waals surface area contributed by atoms with E-state index in [-0.39, 0.29) is 11.6 Å². The molecule has 0 unspecified atom stereocenters. The van der Waals surface area contributed by atoms with Crippen LogP contribution in [0.15, 0.2) is 35.6 Å². The first-order valence-electron chi connectivity index (χ1n) is 12.3. The van der Waals surface area contributed by atoms with Gasteiger partial charge in [0.1, 0.15) is 5.82 Å². The Labute approximate surface area is 201 Å². The number of nitrogens with two attached hydrogens (primary N) is 1. The molecule has 2 aliphatic rings. The van der Waals surface area contributed by atoms with Crippen molar-refractivity contribution in [3.05, 3.63) is 36.2 Å². The Morgan fingerprint density at radius 2 is 2.06 bits per heavy atom. The molecule has 1 aliphatic heterocycles. The lowest BCUT2D eigenvalue weighted by molar-refractivity contribution is 0.239. The van der Waals surface area contributed by atoms with Crippen molar-refractivity contribution in [1.29, 1.82) is 0 Å². The van der Waals surface area contributed by atoms with Gasteiger partial charge in [-0.3, -0.25) is 15.3 Å². The van der Waals surface area contributed by atoms with E-state index in [1.54, 1.807) is 24.7 Å². The van der Waals surface area contributed by atoms with Crippen LogP contribution < -0.4 is 21.7 Å². The maximum atomic E-state index is 12.5. The lowest BCUT2D eigenvalue weighted by Gasteiger charge is -2.26. The van der Waals surface area contributed by atoms with Gasteiger partial charge in [0.15, 0.2) is 0 Å². The van der Waals surface area contributed by atoms with Gasteiger partial charge in [-0.25, -0.2) is 9.78 Å². The number of fused-ring (bicyclic) bond motifs is 1. The lowest BCUT2D eigenvalue weighted by Crippen LogP contribution is -2.45. The summed E-state index contributed by atoms with van der Waals surface area (Å²) in [4.78, 5) is 28.6. The molecule has 1 saturated heterocycles. The number of aliphatic imine (C=N–C) groups is 1. The fourth-order valence-electron chi connectivity index (χ4n) is 4.63. The second-order valence-corrected chi connectivity index (χ2v) is 9.41. The maximum Gasteiger partial charge on any atom is 0.320 e. The highest BCUT2D eigenvalue weighted by Crippen LogP contribution is 2.29. The number of pyridine rings is 2. The molecule has 2 fully saturated rings. The second-order valence-electron chi connectivity index (χ2n) is 9.41. The number of urea groups is 1. The fourth-order valence-corrected chi connectivity index (χ4v) is 4.63. The van der Waals surface area contributed by atoms with Crippen LogP contribution in [0.25, 0.3) is 16.6 Å². The molecule has 0 spiro atoms. The molecule has 182 valence electrons. The van der Waals surface area contributed by atoms with Crippen LogP contribution in [0.3, 0.4) is 0 Å². The first-order chi connectivity index (χ1) is 16.5. The van der Waals surface area contributed by atoms with Crippen LogP contribution >= 0.6 is 0 Å². The molecule has 9 heteroatoms. The number of carbonyl (C=O) groups excluding carboxylic acids is 1. The highest BCUT2D eigenvalue weighted by atomic mass is 16.2. The zero-order valence-electron chi connectivity index (χ0n) is 20.0. The largest absolute Gasteiger partial charge is 0.404 e. The van der Waals surface area contributed by atoms with Gasteiger partial charge in [0.2, 0.25) is 0 Å². The summed E-state index contributed by atoms with van der Waals surface area (Å²) in [6.07, 6.45) is 10.4. The molecule has 5 N–H and O–H groups in total. The summed E-state index contributed by atoms with van der Waals surface area (Å²) in [5.41, 5.74) is 8.82. The third-order valence-corrected chi connectivity index (χ3v) is 6.62. The quantitative estimate of drug-likeness (QED) is 0.352. The zero-order chi connectivity index (χ0) is 23.8. The Morgan fingerprint density at radius 1 is 1.26 bits per heavy atom. The van der Waals surface area contributed by atoms with Gasteiger partial charge in [0.05, 0.1) is 11.0 Å². The number of anilines is 1. The summed E-state index contributed by atoms with van der Waals surface area (Å²) >= 11 is 0. The summed E-state index contributed by atoms with van der Waals surface area (Å²) in [5.74, 6) is 0.491. The topological polar surface area (TPSA) is 121 Å². The number of nitrogens with zero attached hydrogens (tertiary/aromatic N) is 4. The average Bonchev–Trinajstić information content (AvgIpc) is 3.27. The predicted molar refractivity (Wildman–Crippen MR) is 138 cm³/mol. The lowest BCUT2D eigenvalue weighted by atomic mass is 10.0. The summed E-state index contributed by atoms with van der Waals surface area (Å²) < 4.78 is 0. The number of allylic oxidation sites excluding steroid dienone is 1. The number of aromatic nitrogens is 2. The molecule has 1 saturated carbocycles. The van der Waals surface area contributed by atoms with E-state index in [4.69, 9.17) is 5.73 Å². The molecular weight excluding hydrogens is 428 g/mol. The minimum absolute atomic E-state index is 0.138. The van der Waals surface area contributed by atoms with Crippen molar-refractivity contribution in [3.8, 4) is 0 Å². The number of piperazine rings is 1. The summed E-state index contributed by atoms with van der Waals surface area (Å²) in [6.45, 7) is 8.24. The van der Waals surface area contributed by atoms with E-state index >= 15 is 0 Å². The SMILES string of the molecule is CC1(NC(=O)Nc2ccc3ncc(C(C=NCCCN4CCNCC4)=CN)cc3n2)CCCC1. The molecule has 0 atom stereocenters. The van der Waals surface area contributed by atoms with Gasteiger partial charge in [-0.05, 0) is 50.9 Å². The van der Waals surface area contributed by atoms with Crippen molar-refractivity contribution in [2.45, 2.75) is 44.6 Å². The molecule has 1 aliphatic carbocycles. The fraction of sp³-hybridized carbons (Fsp3) is 0.520. The third-order valence-electron chi connectivity index (χ3n) is 6.62. The average molecular weight is 465 g/mol. The van der Waals surface area contributed by atoms with Gasteiger partial charge >= 0.3 is 6.03 Å². The first kappa shape index (κ1) is 24.1. The molecule has 0 aromatic carbocycles. The molecule has 3 heterocycles. The normalized spacial score (nSPS) is 19.0. The van der Waals surface area contributed by atoms with Crippen LogP contribution in [0.4, 0.5) is 10.6 Å². The van der Waals surface area contributed by atoms with Crippen molar-refractivity contribution >= 4 is 34.7 Å². The van der Waals surface area contributed by atoms with Crippen molar-refractivity contribution in [3.63, 3.8) is 0 Å². The van der Waals surface area contributed by atoms with E-state index in [2.05, 4.69) is 42.7 Å². The van der Waals surface area contributed by atoms with Gasteiger partial charge in [-0.15, -0.1) is 0 Å². The third kappa shape index (κ3) is 6.51. The molecule has 0 bridgehead atoms. The predicted octanol–water partition coefficient (Wildman–Crippen LogP) is 2.75. The van der Waals surface area contributed by atoms with Crippen LogP contribution in [0.1, 0.15) is 44.6 Å². The molecular formula is C25H36N8O. The summed E-state index contributed by atoms with van der Waals surface area (Å²) in [7, 11) is 0. The number of hydrogen-bond acceptors (Lipinski definition) is 7. The van der Waals surface area contributed by atoms with E-state index < -0.39 is 0 Å². The molecule has 2 aromatic rings. The molecule has 9 nitrogen and oxygen atoms in total.